The molecule has 0 radical (unpaired) electrons. The summed E-state index contributed by atoms with van der Waals surface area (Å²) in [7, 11) is 0. The molecule has 82 valence electrons. The van der Waals surface area contributed by atoms with E-state index < -0.39 is 0 Å². The van der Waals surface area contributed by atoms with Gasteiger partial charge in [-0.1, -0.05) is 23.7 Å². The number of benzene rings is 1. The molecule has 1 aliphatic rings. The molecule has 1 aliphatic heterocycles. The largest absolute Gasteiger partial charge is 0.348 e. The maximum absolute atomic E-state index is 5.90. The summed E-state index contributed by atoms with van der Waals surface area (Å²) < 4.78 is 0. The summed E-state index contributed by atoms with van der Waals surface area (Å²) in [6.45, 7) is 1.10. The van der Waals surface area contributed by atoms with Crippen molar-refractivity contribution in [3.63, 3.8) is 0 Å². The predicted octanol–water partition coefficient (Wildman–Crippen LogP) is 1.27. The van der Waals surface area contributed by atoms with Crippen LogP contribution in [0.5, 0.6) is 0 Å². The lowest BCUT2D eigenvalue weighted by Gasteiger charge is -2.19. The molecule has 16 heavy (non-hydrogen) atoms. The smallest absolute Gasteiger partial charge is 0.156 e. The van der Waals surface area contributed by atoms with Crippen molar-refractivity contribution >= 4 is 11.6 Å². The first-order valence-corrected chi connectivity index (χ1v) is 5.83. The van der Waals surface area contributed by atoms with Crippen LogP contribution in [0, 0.1) is 0 Å². The molecule has 3 nitrogen and oxygen atoms in total. The highest BCUT2D eigenvalue weighted by Crippen LogP contribution is 2.22. The van der Waals surface area contributed by atoms with Crippen molar-refractivity contribution in [1.29, 1.82) is 0 Å². The van der Waals surface area contributed by atoms with E-state index in [9.17, 15) is 0 Å². The van der Waals surface area contributed by atoms with Gasteiger partial charge in [-0.05, 0) is 12.1 Å². The van der Waals surface area contributed by atoms with Crippen LogP contribution >= 0.6 is 11.6 Å². The second kappa shape index (κ2) is 3.92. The number of halogens is 1. The SMILES string of the molecule is Clc1ccc([C@@H]2[NH2+]CCc3[nH]cnc32)cc1. The van der Waals surface area contributed by atoms with Gasteiger partial charge in [0.25, 0.3) is 0 Å². The van der Waals surface area contributed by atoms with E-state index in [4.69, 9.17) is 11.6 Å². The third-order valence-corrected chi connectivity index (χ3v) is 3.32. The Hall–Kier alpha value is -1.32. The van der Waals surface area contributed by atoms with Crippen molar-refractivity contribution < 1.29 is 5.32 Å². The summed E-state index contributed by atoms with van der Waals surface area (Å²) in [6.07, 6.45) is 2.85. The lowest BCUT2D eigenvalue weighted by Crippen LogP contribution is -2.87. The van der Waals surface area contributed by atoms with Gasteiger partial charge >= 0.3 is 0 Å². The number of quaternary nitrogens is 1. The molecule has 1 atom stereocenters. The van der Waals surface area contributed by atoms with Gasteiger partial charge in [-0.25, -0.2) is 4.98 Å². The van der Waals surface area contributed by atoms with E-state index in [1.165, 1.54) is 11.3 Å². The Labute approximate surface area is 98.9 Å². The molecule has 0 unspecified atom stereocenters. The molecule has 0 aliphatic carbocycles. The number of aromatic amines is 1. The van der Waals surface area contributed by atoms with E-state index >= 15 is 0 Å². The first kappa shape index (κ1) is 9.87. The fraction of sp³-hybridized carbons (Fsp3) is 0.250. The number of nitrogens with two attached hydrogens (primary N) is 1. The summed E-state index contributed by atoms with van der Waals surface area (Å²) in [6, 6.07) is 8.34. The van der Waals surface area contributed by atoms with Crippen LogP contribution < -0.4 is 5.32 Å². The van der Waals surface area contributed by atoms with Gasteiger partial charge < -0.3 is 10.3 Å². The van der Waals surface area contributed by atoms with E-state index in [0.29, 0.717) is 6.04 Å². The highest BCUT2D eigenvalue weighted by atomic mass is 35.5. The van der Waals surface area contributed by atoms with Gasteiger partial charge in [-0.2, -0.15) is 0 Å². The van der Waals surface area contributed by atoms with Crippen LogP contribution in [-0.4, -0.2) is 16.5 Å². The molecule has 3 rings (SSSR count). The van der Waals surface area contributed by atoms with E-state index in [1.54, 1.807) is 6.33 Å². The number of nitrogens with zero attached hydrogens (tertiary/aromatic N) is 1. The fourth-order valence-corrected chi connectivity index (χ4v) is 2.40. The molecule has 0 saturated heterocycles. The minimum Gasteiger partial charge on any atom is -0.348 e. The molecular weight excluding hydrogens is 222 g/mol. The highest BCUT2D eigenvalue weighted by Gasteiger charge is 2.26. The standard InChI is InChI=1S/C12H12ClN3/c13-9-3-1-8(2-4-9)11-12-10(5-6-14-11)15-7-16-12/h1-4,7,11,14H,5-6H2,(H,15,16)/p+1/t11-/m0/s1. The molecule has 1 aromatic carbocycles. The number of nitrogens with one attached hydrogen (secondary N) is 1. The van der Waals surface area contributed by atoms with E-state index in [2.05, 4.69) is 27.4 Å². The average Bonchev–Trinajstić information content (AvgIpc) is 2.78. The van der Waals surface area contributed by atoms with Crippen LogP contribution in [0.2, 0.25) is 5.02 Å². The summed E-state index contributed by atoms with van der Waals surface area (Å²) in [5, 5.41) is 3.11. The lowest BCUT2D eigenvalue weighted by molar-refractivity contribution is -0.690. The Bertz CT molecular complexity index is 489. The quantitative estimate of drug-likeness (QED) is 0.767. The predicted molar refractivity (Wildman–Crippen MR) is 62.4 cm³/mol. The average molecular weight is 235 g/mol. The van der Waals surface area contributed by atoms with Gasteiger partial charge in [0.2, 0.25) is 0 Å². The molecule has 0 saturated carbocycles. The maximum atomic E-state index is 5.90. The van der Waals surface area contributed by atoms with Crippen LogP contribution in [0.15, 0.2) is 30.6 Å². The van der Waals surface area contributed by atoms with Gasteiger partial charge in [0, 0.05) is 22.7 Å². The van der Waals surface area contributed by atoms with Gasteiger partial charge in [0.05, 0.1) is 12.9 Å². The van der Waals surface area contributed by atoms with Crippen molar-refractivity contribution in [3.05, 3.63) is 52.6 Å². The third kappa shape index (κ3) is 1.62. The molecular formula is C12H13ClN3+. The van der Waals surface area contributed by atoms with Gasteiger partial charge in [0.15, 0.2) is 6.04 Å². The molecule has 4 heteroatoms. The molecule has 1 aromatic heterocycles. The molecule has 2 aromatic rings. The Morgan fingerprint density at radius 2 is 2.12 bits per heavy atom. The Morgan fingerprint density at radius 3 is 2.94 bits per heavy atom. The Kier molecular flexibility index (Phi) is 2.42. The normalized spacial score (nSPS) is 19.4. The van der Waals surface area contributed by atoms with E-state index in [1.807, 2.05) is 12.1 Å². The second-order valence-corrected chi connectivity index (χ2v) is 4.51. The number of imidazole rings is 1. The minimum atomic E-state index is 0.312. The van der Waals surface area contributed by atoms with Crippen LogP contribution in [-0.2, 0) is 6.42 Å². The van der Waals surface area contributed by atoms with Crippen molar-refractivity contribution in [2.24, 2.45) is 0 Å². The topological polar surface area (TPSA) is 45.3 Å². The van der Waals surface area contributed by atoms with Crippen molar-refractivity contribution in [2.75, 3.05) is 6.54 Å². The number of hydrogen-bond acceptors (Lipinski definition) is 1. The number of fused-ring (bicyclic) bond motifs is 1. The van der Waals surface area contributed by atoms with E-state index in [0.717, 1.165) is 23.7 Å². The molecule has 2 heterocycles. The first-order valence-electron chi connectivity index (χ1n) is 5.45. The fourth-order valence-electron chi connectivity index (χ4n) is 2.27. The molecule has 0 amide bonds. The van der Waals surface area contributed by atoms with E-state index in [-0.39, 0.29) is 0 Å². The van der Waals surface area contributed by atoms with Crippen LogP contribution in [0.25, 0.3) is 0 Å². The number of H-pyrrole nitrogens is 1. The molecule has 0 fully saturated rings. The van der Waals surface area contributed by atoms with Gasteiger partial charge in [0.1, 0.15) is 5.69 Å². The zero-order valence-electron chi connectivity index (χ0n) is 8.78. The zero-order chi connectivity index (χ0) is 11.0. The lowest BCUT2D eigenvalue weighted by atomic mass is 9.98. The second-order valence-electron chi connectivity index (χ2n) is 4.07. The molecule has 3 N–H and O–H groups in total. The summed E-state index contributed by atoms with van der Waals surface area (Å²) in [4.78, 5) is 7.63. The summed E-state index contributed by atoms with van der Waals surface area (Å²) in [5.74, 6) is 0. The third-order valence-electron chi connectivity index (χ3n) is 3.07. The summed E-state index contributed by atoms with van der Waals surface area (Å²) in [5.41, 5.74) is 3.69. The minimum absolute atomic E-state index is 0.312. The molecule has 0 bridgehead atoms. The van der Waals surface area contributed by atoms with Crippen LogP contribution in [0.4, 0.5) is 0 Å². The number of hydrogen-bond donors (Lipinski definition) is 2. The number of aromatic nitrogens is 2. The Morgan fingerprint density at radius 1 is 1.31 bits per heavy atom. The first-order chi connectivity index (χ1) is 7.84. The highest BCUT2D eigenvalue weighted by molar-refractivity contribution is 6.30. The number of rotatable bonds is 1. The van der Waals surface area contributed by atoms with Crippen molar-refractivity contribution in [3.8, 4) is 0 Å². The zero-order valence-corrected chi connectivity index (χ0v) is 9.54. The maximum Gasteiger partial charge on any atom is 0.156 e. The summed E-state index contributed by atoms with van der Waals surface area (Å²) >= 11 is 5.90. The van der Waals surface area contributed by atoms with Crippen molar-refractivity contribution in [1.82, 2.24) is 9.97 Å². The van der Waals surface area contributed by atoms with Crippen LogP contribution in [0.1, 0.15) is 23.0 Å². The van der Waals surface area contributed by atoms with Crippen molar-refractivity contribution in [2.45, 2.75) is 12.5 Å². The Balaban J connectivity index is 2.00. The molecule has 0 spiro atoms. The van der Waals surface area contributed by atoms with Gasteiger partial charge in [-0.3, -0.25) is 0 Å². The van der Waals surface area contributed by atoms with Crippen LogP contribution in [0.3, 0.4) is 0 Å². The van der Waals surface area contributed by atoms with Gasteiger partial charge in [-0.15, -0.1) is 0 Å². The monoisotopic (exact) mass is 234 g/mol.